The fourth-order valence-corrected chi connectivity index (χ4v) is 4.34. The number of halogens is 3. The lowest BCUT2D eigenvalue weighted by Gasteiger charge is -2.29. The van der Waals surface area contributed by atoms with Gasteiger partial charge in [0, 0.05) is 29.7 Å². The molecule has 5 rings (SSSR count). The minimum atomic E-state index is -5.16. The molecule has 10 heteroatoms. The van der Waals surface area contributed by atoms with Gasteiger partial charge in [0.05, 0.1) is 13.3 Å². The number of aromatic nitrogens is 2. The third kappa shape index (κ3) is 4.37. The number of carbonyl (C=O) groups excluding carboxylic acids is 1. The maximum atomic E-state index is 12.8. The van der Waals surface area contributed by atoms with Gasteiger partial charge in [-0.1, -0.05) is 42.5 Å². The average Bonchev–Trinajstić information content (AvgIpc) is 3.27. The number of hydrogen-bond donors (Lipinski definition) is 1. The number of nitrogens with one attached hydrogen (secondary N) is 1. The van der Waals surface area contributed by atoms with Gasteiger partial charge in [-0.05, 0) is 46.5 Å². The number of ether oxygens (including phenoxy) is 1. The zero-order valence-corrected chi connectivity index (χ0v) is 19.4. The molecule has 2 aromatic heterocycles. The van der Waals surface area contributed by atoms with Crippen LogP contribution in [0.4, 0.5) is 13.2 Å². The predicted molar refractivity (Wildman–Crippen MR) is 129 cm³/mol. The number of benzene rings is 2. The van der Waals surface area contributed by atoms with Crippen LogP contribution in [0.5, 0.6) is 5.75 Å². The molecular weight excluding hydrogens is 485 g/mol. The molecule has 2 aromatic carbocycles. The van der Waals surface area contributed by atoms with E-state index in [1.165, 1.54) is 0 Å². The Labute approximate surface area is 209 Å². The monoisotopic (exact) mass is 504 g/mol. The first-order valence-corrected chi connectivity index (χ1v) is 11.1. The van der Waals surface area contributed by atoms with Gasteiger partial charge in [0.15, 0.2) is 5.84 Å². The molecular formula is C27H19F3N4O3. The third-order valence-electron chi connectivity index (χ3n) is 5.98. The highest BCUT2D eigenvalue weighted by molar-refractivity contribution is 6.04. The number of amidine groups is 1. The molecule has 0 amide bonds. The van der Waals surface area contributed by atoms with Crippen LogP contribution in [0, 0.1) is 0 Å². The summed E-state index contributed by atoms with van der Waals surface area (Å²) in [7, 11) is 1.56. The van der Waals surface area contributed by atoms with Crippen molar-refractivity contribution in [1.82, 2.24) is 15.4 Å². The van der Waals surface area contributed by atoms with E-state index in [0.717, 1.165) is 22.3 Å². The maximum Gasteiger partial charge on any atom is 0.493 e. The lowest BCUT2D eigenvalue weighted by Crippen LogP contribution is -2.34. The second-order valence-corrected chi connectivity index (χ2v) is 8.14. The van der Waals surface area contributed by atoms with E-state index >= 15 is 0 Å². The van der Waals surface area contributed by atoms with Crippen LogP contribution < -0.4 is 10.2 Å². The molecule has 3 heterocycles. The van der Waals surface area contributed by atoms with Crippen molar-refractivity contribution in [3.8, 4) is 16.9 Å². The van der Waals surface area contributed by atoms with Crippen LogP contribution in [0.25, 0.3) is 11.1 Å². The minimum absolute atomic E-state index is 0.0153. The number of nitrogens with zero attached hydrogens (tertiary/aromatic N) is 3. The van der Waals surface area contributed by atoms with Crippen LogP contribution in [0.2, 0.25) is 0 Å². The zero-order chi connectivity index (χ0) is 26.0. The molecule has 0 spiro atoms. The van der Waals surface area contributed by atoms with Crippen molar-refractivity contribution in [2.45, 2.75) is 11.7 Å². The molecule has 37 heavy (non-hydrogen) atoms. The van der Waals surface area contributed by atoms with E-state index in [9.17, 15) is 18.0 Å². The number of rotatable bonds is 4. The number of hydrogen-bond acceptors (Lipinski definition) is 7. The Morgan fingerprint density at radius 1 is 0.892 bits per heavy atom. The van der Waals surface area contributed by atoms with Gasteiger partial charge in [-0.3, -0.25) is 9.97 Å². The highest BCUT2D eigenvalue weighted by atomic mass is 19.4. The van der Waals surface area contributed by atoms with Crippen molar-refractivity contribution < 1.29 is 27.5 Å². The lowest BCUT2D eigenvalue weighted by atomic mass is 9.77. The topological polar surface area (TPSA) is 85.7 Å². The van der Waals surface area contributed by atoms with Crippen LogP contribution in [0.15, 0.2) is 96.5 Å². The van der Waals surface area contributed by atoms with E-state index < -0.39 is 17.7 Å². The Kier molecular flexibility index (Phi) is 6.08. The van der Waals surface area contributed by atoms with Crippen LogP contribution in [-0.4, -0.2) is 35.1 Å². The van der Waals surface area contributed by atoms with Gasteiger partial charge >= 0.3 is 12.1 Å². The smallest absolute Gasteiger partial charge is 0.493 e. The van der Waals surface area contributed by atoms with Gasteiger partial charge in [0.1, 0.15) is 11.3 Å². The molecule has 1 aliphatic heterocycles. The molecule has 1 N–H and O–H groups in total. The Bertz CT molecular complexity index is 1490. The molecule has 0 fully saturated rings. The molecule has 0 saturated heterocycles. The first kappa shape index (κ1) is 24.0. The Morgan fingerprint density at radius 3 is 2.43 bits per heavy atom. The summed E-state index contributed by atoms with van der Waals surface area (Å²) in [6, 6.07) is 20.1. The van der Waals surface area contributed by atoms with E-state index in [1.54, 1.807) is 56.2 Å². The average molecular weight is 504 g/mol. The first-order chi connectivity index (χ1) is 17.8. The van der Waals surface area contributed by atoms with Crippen molar-refractivity contribution in [3.63, 3.8) is 0 Å². The second kappa shape index (κ2) is 9.38. The molecule has 7 nitrogen and oxygen atoms in total. The third-order valence-corrected chi connectivity index (χ3v) is 5.98. The molecule has 1 atom stereocenters. The zero-order valence-electron chi connectivity index (χ0n) is 19.4. The number of aliphatic imine (C=N–C) groups is 1. The second-order valence-electron chi connectivity index (χ2n) is 8.14. The summed E-state index contributed by atoms with van der Waals surface area (Å²) < 4.78 is 43.7. The number of fused-ring (bicyclic) bond motifs is 1. The fourth-order valence-electron chi connectivity index (χ4n) is 4.34. The van der Waals surface area contributed by atoms with Crippen molar-refractivity contribution in [2.24, 2.45) is 4.99 Å². The Hall–Kier alpha value is -4.73. The normalized spacial score (nSPS) is 16.5. The predicted octanol–water partition coefficient (Wildman–Crippen LogP) is 4.81. The summed E-state index contributed by atoms with van der Waals surface area (Å²) in [6.45, 7) is 0. The molecule has 1 unspecified atom stereocenters. The van der Waals surface area contributed by atoms with Crippen molar-refractivity contribution in [1.29, 1.82) is 0 Å². The summed E-state index contributed by atoms with van der Waals surface area (Å²) >= 11 is 0. The van der Waals surface area contributed by atoms with Gasteiger partial charge in [-0.2, -0.15) is 18.7 Å². The number of methoxy groups -OCH3 is 1. The van der Waals surface area contributed by atoms with E-state index in [4.69, 9.17) is 9.73 Å². The molecule has 0 saturated carbocycles. The van der Waals surface area contributed by atoms with E-state index in [0.29, 0.717) is 16.9 Å². The van der Waals surface area contributed by atoms with E-state index in [-0.39, 0.29) is 5.84 Å². The maximum absolute atomic E-state index is 12.8. The largest absolute Gasteiger partial charge is 0.495 e. The summed E-state index contributed by atoms with van der Waals surface area (Å²) in [6.07, 6.45) is 1.37. The highest BCUT2D eigenvalue weighted by Gasteiger charge is 2.45. The van der Waals surface area contributed by atoms with Crippen molar-refractivity contribution in [2.75, 3.05) is 7.11 Å². The SMILES string of the molecule is COc1cncc(-c2cccc(C3(c4ccncc4)N=C(NOC(=O)C(F)(F)F)c4ccccc43)c2)c1. The van der Waals surface area contributed by atoms with Crippen LogP contribution in [-0.2, 0) is 15.2 Å². The van der Waals surface area contributed by atoms with Crippen LogP contribution in [0.1, 0.15) is 22.3 Å². The van der Waals surface area contributed by atoms with Gasteiger partial charge in [0.25, 0.3) is 0 Å². The minimum Gasteiger partial charge on any atom is -0.495 e. The highest BCUT2D eigenvalue weighted by Crippen LogP contribution is 2.46. The summed E-state index contributed by atoms with van der Waals surface area (Å²) in [5.41, 5.74) is 5.22. The van der Waals surface area contributed by atoms with Crippen LogP contribution >= 0.6 is 0 Å². The number of pyridine rings is 2. The quantitative estimate of drug-likeness (QED) is 0.402. The van der Waals surface area contributed by atoms with Crippen molar-refractivity contribution in [3.05, 3.63) is 114 Å². The Balaban J connectivity index is 1.68. The molecule has 0 aliphatic carbocycles. The summed E-state index contributed by atoms with van der Waals surface area (Å²) in [4.78, 5) is 28.9. The molecule has 1 aliphatic rings. The number of alkyl halides is 3. The van der Waals surface area contributed by atoms with Gasteiger partial charge in [-0.25, -0.2) is 9.79 Å². The van der Waals surface area contributed by atoms with Gasteiger partial charge in [-0.15, -0.1) is 0 Å². The van der Waals surface area contributed by atoms with Crippen molar-refractivity contribution >= 4 is 11.8 Å². The first-order valence-electron chi connectivity index (χ1n) is 11.1. The molecule has 0 radical (unpaired) electrons. The fraction of sp³-hybridized carbons (Fsp3) is 0.111. The van der Waals surface area contributed by atoms with Gasteiger partial charge < -0.3 is 9.57 Å². The van der Waals surface area contributed by atoms with E-state index in [1.807, 2.05) is 42.5 Å². The number of carbonyl (C=O) groups is 1. The van der Waals surface area contributed by atoms with E-state index in [2.05, 4.69) is 20.3 Å². The molecule has 4 aromatic rings. The van der Waals surface area contributed by atoms with Crippen LogP contribution in [0.3, 0.4) is 0 Å². The summed E-state index contributed by atoms with van der Waals surface area (Å²) in [5, 5.41) is 0. The lowest BCUT2D eigenvalue weighted by molar-refractivity contribution is -0.203. The standard InChI is InChI=1S/C27H19F3N4O3/c1-36-21-14-18(15-32-16-21)17-5-4-6-20(13-17)26(19-9-11-31-12-10-19)23-8-3-2-7-22(23)24(33-26)34-37-25(35)27(28,29)30/h2-16H,1H3,(H,33,34). The Morgan fingerprint density at radius 2 is 1.68 bits per heavy atom. The summed E-state index contributed by atoms with van der Waals surface area (Å²) in [5.74, 6) is -1.80. The molecule has 186 valence electrons. The van der Waals surface area contributed by atoms with Gasteiger partial charge in [0.2, 0.25) is 0 Å². The number of hydroxylamine groups is 1. The molecule has 0 bridgehead atoms.